The van der Waals surface area contributed by atoms with Gasteiger partial charge in [-0.25, -0.2) is 9.97 Å². The molecular formula is C14H28I4N4. The molecule has 0 saturated heterocycles. The van der Waals surface area contributed by atoms with Crippen molar-refractivity contribution in [1.29, 1.82) is 0 Å². The van der Waals surface area contributed by atoms with E-state index in [9.17, 15) is 0 Å². The summed E-state index contributed by atoms with van der Waals surface area (Å²) in [4.78, 5) is 8.20. The van der Waals surface area contributed by atoms with Crippen molar-refractivity contribution in [2.24, 2.45) is 0 Å². The summed E-state index contributed by atoms with van der Waals surface area (Å²) in [5.41, 5.74) is 0. The summed E-state index contributed by atoms with van der Waals surface area (Å²) < 4.78 is 4.31. The van der Waals surface area contributed by atoms with Gasteiger partial charge in [0.25, 0.3) is 0 Å². The van der Waals surface area contributed by atoms with Crippen LogP contribution >= 0.6 is 95.9 Å². The third-order valence-electron chi connectivity index (χ3n) is 2.78. The van der Waals surface area contributed by atoms with Crippen LogP contribution in [0.5, 0.6) is 0 Å². The van der Waals surface area contributed by atoms with Gasteiger partial charge in [0.1, 0.15) is 11.6 Å². The molecule has 132 valence electrons. The van der Waals surface area contributed by atoms with Crippen molar-refractivity contribution in [2.75, 3.05) is 0 Å². The maximum Gasteiger partial charge on any atom is 0.105 e. The molecule has 0 atom stereocenters. The van der Waals surface area contributed by atoms with Crippen LogP contribution < -0.4 is 0 Å². The summed E-state index contributed by atoms with van der Waals surface area (Å²) in [5, 5.41) is 0. The zero-order valence-corrected chi connectivity index (χ0v) is 22.9. The van der Waals surface area contributed by atoms with E-state index >= 15 is 0 Å². The first-order valence-electron chi connectivity index (χ1n) is 6.64. The lowest BCUT2D eigenvalue weighted by molar-refractivity contribution is 0.658. The molecule has 0 bridgehead atoms. The Bertz CT molecular complexity index is 415. The molecule has 0 fully saturated rings. The Balaban J connectivity index is -0.000000125. The van der Waals surface area contributed by atoms with Gasteiger partial charge in [0.05, 0.1) is 0 Å². The van der Waals surface area contributed by atoms with E-state index < -0.39 is 0 Å². The fourth-order valence-electron chi connectivity index (χ4n) is 1.76. The van der Waals surface area contributed by atoms with Gasteiger partial charge in [0.2, 0.25) is 0 Å². The van der Waals surface area contributed by atoms with E-state index in [4.69, 9.17) is 0 Å². The van der Waals surface area contributed by atoms with E-state index in [1.54, 1.807) is 0 Å². The first-order valence-corrected chi connectivity index (χ1v) is 6.64. The van der Waals surface area contributed by atoms with Crippen LogP contribution in [0.2, 0.25) is 0 Å². The van der Waals surface area contributed by atoms with Crippen molar-refractivity contribution in [3.8, 4) is 0 Å². The number of rotatable bonds is 4. The predicted octanol–water partition coefficient (Wildman–Crippen LogP) is 5.68. The molecule has 8 heteroatoms. The molecule has 2 heterocycles. The molecule has 0 amide bonds. The second-order valence-corrected chi connectivity index (χ2v) is 4.34. The number of aryl methyl sites for hydroxylation is 4. The van der Waals surface area contributed by atoms with Gasteiger partial charge in [0, 0.05) is 37.9 Å². The minimum Gasteiger partial charge on any atom is -0.335 e. The Kier molecular flexibility index (Phi) is 26.4. The third kappa shape index (κ3) is 11.8. The molecule has 0 aromatic carbocycles. The third-order valence-corrected chi connectivity index (χ3v) is 2.78. The van der Waals surface area contributed by atoms with Crippen molar-refractivity contribution in [1.82, 2.24) is 19.1 Å². The molecule has 0 radical (unpaired) electrons. The first kappa shape index (κ1) is 31.1. The summed E-state index contributed by atoms with van der Waals surface area (Å²) in [5.74, 6) is 2.22. The van der Waals surface area contributed by atoms with E-state index in [0.717, 1.165) is 24.7 Å². The molecule has 2 aromatic heterocycles. The highest BCUT2D eigenvalue weighted by Gasteiger charge is 1.92. The fraction of sp³-hybridized carbons (Fsp3) is 0.571. The van der Waals surface area contributed by atoms with E-state index in [1.807, 2.05) is 38.6 Å². The average molecular weight is 760 g/mol. The molecule has 4 nitrogen and oxygen atoms in total. The maximum atomic E-state index is 4.10. The highest BCUT2D eigenvalue weighted by Crippen LogP contribution is 1.96. The molecule has 0 saturated carbocycles. The SMILES string of the molecule is CCCn1ccnc1C.CCCn1ccnc1C.I.I.I.I. The molecule has 0 aliphatic carbocycles. The molecule has 0 spiro atoms. The van der Waals surface area contributed by atoms with Crippen molar-refractivity contribution < 1.29 is 0 Å². The number of nitrogens with zero attached hydrogens (tertiary/aromatic N) is 4. The molecule has 2 aromatic rings. The lowest BCUT2D eigenvalue weighted by Gasteiger charge is -1.99. The summed E-state index contributed by atoms with van der Waals surface area (Å²) >= 11 is 0. The fourth-order valence-corrected chi connectivity index (χ4v) is 1.76. The van der Waals surface area contributed by atoms with Crippen LogP contribution in [0.3, 0.4) is 0 Å². The standard InChI is InChI=1S/2C7H12N2.4HI/c2*1-3-5-9-6-4-8-7(9)2;;;;/h2*4,6H,3,5H2,1-2H3;4*1H. The Labute approximate surface area is 202 Å². The van der Waals surface area contributed by atoms with Crippen LogP contribution in [0.25, 0.3) is 0 Å². The maximum absolute atomic E-state index is 4.10. The lowest BCUT2D eigenvalue weighted by atomic mass is 10.5. The quantitative estimate of drug-likeness (QED) is 0.377. The Hall–Kier alpha value is 1.34. The summed E-state index contributed by atoms with van der Waals surface area (Å²) in [7, 11) is 0. The predicted molar refractivity (Wildman–Crippen MR) is 136 cm³/mol. The Morgan fingerprint density at radius 2 is 1.05 bits per heavy atom. The molecular weight excluding hydrogens is 732 g/mol. The van der Waals surface area contributed by atoms with Crippen molar-refractivity contribution in [3.05, 3.63) is 36.4 Å². The van der Waals surface area contributed by atoms with Crippen LogP contribution in [-0.2, 0) is 13.1 Å². The number of hydrogen-bond acceptors (Lipinski definition) is 2. The second kappa shape index (κ2) is 18.7. The van der Waals surface area contributed by atoms with E-state index in [0.29, 0.717) is 0 Å². The smallest absolute Gasteiger partial charge is 0.105 e. The monoisotopic (exact) mass is 760 g/mol. The summed E-state index contributed by atoms with van der Waals surface area (Å²) in [6, 6.07) is 0. The van der Waals surface area contributed by atoms with Gasteiger partial charge in [-0.05, 0) is 26.7 Å². The van der Waals surface area contributed by atoms with Crippen molar-refractivity contribution >= 4 is 95.9 Å². The van der Waals surface area contributed by atoms with E-state index in [2.05, 4.69) is 32.9 Å². The first-order chi connectivity index (χ1) is 8.69. The Morgan fingerprint density at radius 1 is 0.727 bits per heavy atom. The van der Waals surface area contributed by atoms with Gasteiger partial charge in [-0.15, -0.1) is 95.9 Å². The minimum absolute atomic E-state index is 0. The van der Waals surface area contributed by atoms with E-state index in [1.165, 1.54) is 12.8 Å². The van der Waals surface area contributed by atoms with Crippen LogP contribution in [-0.4, -0.2) is 19.1 Å². The molecule has 0 unspecified atom stereocenters. The van der Waals surface area contributed by atoms with Crippen LogP contribution in [0.15, 0.2) is 24.8 Å². The largest absolute Gasteiger partial charge is 0.335 e. The topological polar surface area (TPSA) is 35.6 Å². The minimum atomic E-state index is 0. The Morgan fingerprint density at radius 3 is 1.23 bits per heavy atom. The van der Waals surface area contributed by atoms with Crippen molar-refractivity contribution in [2.45, 2.75) is 53.6 Å². The highest BCUT2D eigenvalue weighted by molar-refractivity contribution is 14.0. The van der Waals surface area contributed by atoms with Crippen molar-refractivity contribution in [3.63, 3.8) is 0 Å². The van der Waals surface area contributed by atoms with Crippen LogP contribution in [0.4, 0.5) is 0 Å². The number of hydrogen-bond donors (Lipinski definition) is 0. The zero-order valence-electron chi connectivity index (χ0n) is 13.6. The van der Waals surface area contributed by atoms with Gasteiger partial charge in [-0.1, -0.05) is 13.8 Å². The van der Waals surface area contributed by atoms with Gasteiger partial charge < -0.3 is 9.13 Å². The molecule has 0 aliphatic rings. The highest BCUT2D eigenvalue weighted by atomic mass is 127. The number of halogens is 4. The second-order valence-electron chi connectivity index (χ2n) is 4.34. The molecule has 2 rings (SSSR count). The molecule has 0 aliphatic heterocycles. The average Bonchev–Trinajstić information content (AvgIpc) is 2.92. The number of aromatic nitrogens is 4. The van der Waals surface area contributed by atoms with Gasteiger partial charge in [-0.2, -0.15) is 0 Å². The zero-order chi connectivity index (χ0) is 13.4. The van der Waals surface area contributed by atoms with Crippen LogP contribution in [0.1, 0.15) is 38.3 Å². The summed E-state index contributed by atoms with van der Waals surface area (Å²) in [6.07, 6.45) is 10.1. The number of imidazole rings is 2. The van der Waals surface area contributed by atoms with Crippen LogP contribution in [0, 0.1) is 13.8 Å². The lowest BCUT2D eigenvalue weighted by Crippen LogP contribution is -1.96. The molecule has 22 heavy (non-hydrogen) atoms. The van der Waals surface area contributed by atoms with Gasteiger partial charge in [0.15, 0.2) is 0 Å². The van der Waals surface area contributed by atoms with Gasteiger partial charge >= 0.3 is 0 Å². The molecule has 0 N–H and O–H groups in total. The van der Waals surface area contributed by atoms with Gasteiger partial charge in [-0.3, -0.25) is 0 Å². The summed E-state index contributed by atoms with van der Waals surface area (Å²) in [6.45, 7) is 10.6. The van der Waals surface area contributed by atoms with E-state index in [-0.39, 0.29) is 95.9 Å². The normalized spacial score (nSPS) is 8.18.